The molecule has 0 rings (SSSR count). The molecule has 1 atom stereocenters. The van der Waals surface area contributed by atoms with Crippen molar-refractivity contribution < 1.29 is 14.6 Å². The second-order valence-corrected chi connectivity index (χ2v) is 2.59. The minimum absolute atomic E-state index is 0.00231. The summed E-state index contributed by atoms with van der Waals surface area (Å²) in [5, 5.41) is 8.65. The van der Waals surface area contributed by atoms with Gasteiger partial charge < -0.3 is 15.6 Å². The average molecular weight is 161 g/mol. The summed E-state index contributed by atoms with van der Waals surface area (Å²) in [5.41, 5.74) is 4.03. The van der Waals surface area contributed by atoms with Crippen LogP contribution in [0.4, 0.5) is 0 Å². The third kappa shape index (κ3) is 2.86. The minimum Gasteiger partial charge on any atom is -0.479 e. The summed E-state index contributed by atoms with van der Waals surface area (Å²) in [6.45, 7) is 3.83. The Kier molecular flexibility index (Phi) is 4.07. The van der Waals surface area contributed by atoms with Crippen LogP contribution in [0.15, 0.2) is 0 Å². The first-order valence-electron chi connectivity index (χ1n) is 3.64. The number of rotatable bonds is 5. The zero-order valence-electron chi connectivity index (χ0n) is 6.96. The van der Waals surface area contributed by atoms with Crippen LogP contribution in [0.5, 0.6) is 0 Å². The summed E-state index contributed by atoms with van der Waals surface area (Å²) >= 11 is 0. The highest BCUT2D eigenvalue weighted by molar-refractivity contribution is 5.77. The van der Waals surface area contributed by atoms with E-state index in [0.29, 0.717) is 6.61 Å². The van der Waals surface area contributed by atoms with Crippen molar-refractivity contribution in [2.45, 2.75) is 25.9 Å². The molecule has 0 aromatic heterocycles. The molecule has 0 aromatic carbocycles. The molecule has 4 heteroatoms. The molecule has 0 unspecified atom stereocenters. The van der Waals surface area contributed by atoms with Crippen molar-refractivity contribution in [3.05, 3.63) is 0 Å². The first kappa shape index (κ1) is 10.4. The summed E-state index contributed by atoms with van der Waals surface area (Å²) in [5.74, 6) is -1.01. The zero-order valence-corrected chi connectivity index (χ0v) is 6.96. The first-order chi connectivity index (χ1) is 5.06. The third-order valence-corrected chi connectivity index (χ3v) is 1.47. The second-order valence-electron chi connectivity index (χ2n) is 2.59. The molecule has 0 radical (unpaired) electrons. The summed E-state index contributed by atoms with van der Waals surface area (Å²) in [6.07, 6.45) is 0.795. The first-order valence-corrected chi connectivity index (χ1v) is 3.64. The van der Waals surface area contributed by atoms with Crippen LogP contribution in [0.3, 0.4) is 0 Å². The van der Waals surface area contributed by atoms with Gasteiger partial charge in [0.2, 0.25) is 0 Å². The fraction of sp³-hybridized carbons (Fsp3) is 0.857. The van der Waals surface area contributed by atoms with Gasteiger partial charge in [0.1, 0.15) is 0 Å². The Morgan fingerprint density at radius 2 is 2.27 bits per heavy atom. The zero-order chi connectivity index (χ0) is 8.91. The molecule has 0 aliphatic heterocycles. The number of carboxylic acids is 1. The molecule has 0 heterocycles. The van der Waals surface area contributed by atoms with Gasteiger partial charge in [-0.25, -0.2) is 4.79 Å². The lowest BCUT2D eigenvalue weighted by atomic mass is 10.1. The Labute approximate surface area is 66.3 Å². The van der Waals surface area contributed by atoms with Gasteiger partial charge in [-0.3, -0.25) is 0 Å². The normalized spacial score (nSPS) is 15.9. The molecule has 0 aliphatic rings. The van der Waals surface area contributed by atoms with E-state index in [4.69, 9.17) is 15.6 Å². The van der Waals surface area contributed by atoms with Crippen LogP contribution in [-0.2, 0) is 9.53 Å². The lowest BCUT2D eigenvalue weighted by Crippen LogP contribution is -2.45. The summed E-state index contributed by atoms with van der Waals surface area (Å²) in [7, 11) is 0. The van der Waals surface area contributed by atoms with Crippen molar-refractivity contribution in [3.8, 4) is 0 Å². The number of aliphatic carboxylic acids is 1. The van der Waals surface area contributed by atoms with Gasteiger partial charge >= 0.3 is 5.97 Å². The maximum Gasteiger partial charge on any atom is 0.337 e. The SMILES string of the molecule is CCCO[C@@](C)(CN)C(=O)O. The van der Waals surface area contributed by atoms with Crippen molar-refractivity contribution in [3.63, 3.8) is 0 Å². The van der Waals surface area contributed by atoms with Crippen LogP contribution in [0.25, 0.3) is 0 Å². The molecule has 0 spiro atoms. The Morgan fingerprint density at radius 3 is 2.55 bits per heavy atom. The molecule has 0 saturated carbocycles. The molecule has 0 saturated heterocycles. The number of nitrogens with two attached hydrogens (primary N) is 1. The number of hydrogen-bond donors (Lipinski definition) is 2. The molecule has 0 aliphatic carbocycles. The van der Waals surface area contributed by atoms with E-state index in [9.17, 15) is 4.79 Å². The van der Waals surface area contributed by atoms with Crippen LogP contribution in [0.1, 0.15) is 20.3 Å². The van der Waals surface area contributed by atoms with E-state index in [1.807, 2.05) is 6.92 Å². The van der Waals surface area contributed by atoms with Crippen LogP contribution in [0, 0.1) is 0 Å². The average Bonchev–Trinajstić information content (AvgIpc) is 2.00. The van der Waals surface area contributed by atoms with E-state index < -0.39 is 11.6 Å². The smallest absolute Gasteiger partial charge is 0.337 e. The van der Waals surface area contributed by atoms with E-state index in [1.165, 1.54) is 6.92 Å². The van der Waals surface area contributed by atoms with Gasteiger partial charge in [0.25, 0.3) is 0 Å². The predicted molar refractivity (Wildman–Crippen MR) is 41.3 cm³/mol. The van der Waals surface area contributed by atoms with Crippen molar-refractivity contribution in [2.75, 3.05) is 13.2 Å². The lowest BCUT2D eigenvalue weighted by Gasteiger charge is -2.22. The summed E-state index contributed by atoms with van der Waals surface area (Å²) in [6, 6.07) is 0. The number of carbonyl (C=O) groups is 1. The van der Waals surface area contributed by atoms with Crippen LogP contribution in [0.2, 0.25) is 0 Å². The maximum atomic E-state index is 10.6. The summed E-state index contributed by atoms with van der Waals surface area (Å²) < 4.78 is 5.06. The number of ether oxygens (including phenoxy) is 1. The van der Waals surface area contributed by atoms with Gasteiger partial charge in [0, 0.05) is 13.2 Å². The van der Waals surface area contributed by atoms with Gasteiger partial charge in [0.05, 0.1) is 0 Å². The highest BCUT2D eigenvalue weighted by Gasteiger charge is 2.31. The fourth-order valence-electron chi connectivity index (χ4n) is 0.535. The quantitative estimate of drug-likeness (QED) is 0.604. The van der Waals surface area contributed by atoms with Gasteiger partial charge in [-0.15, -0.1) is 0 Å². The molecular weight excluding hydrogens is 146 g/mol. The lowest BCUT2D eigenvalue weighted by molar-refractivity contribution is -0.162. The van der Waals surface area contributed by atoms with Crippen LogP contribution in [-0.4, -0.2) is 29.8 Å². The fourth-order valence-corrected chi connectivity index (χ4v) is 0.535. The van der Waals surface area contributed by atoms with Crippen molar-refractivity contribution in [2.24, 2.45) is 5.73 Å². The topological polar surface area (TPSA) is 72.5 Å². The van der Waals surface area contributed by atoms with Gasteiger partial charge in [0.15, 0.2) is 5.60 Å². The third-order valence-electron chi connectivity index (χ3n) is 1.47. The van der Waals surface area contributed by atoms with Gasteiger partial charge in [-0.2, -0.15) is 0 Å². The van der Waals surface area contributed by atoms with Crippen LogP contribution < -0.4 is 5.73 Å². The molecule has 0 fully saturated rings. The number of carboxylic acid groups (broad SMARTS) is 1. The molecule has 3 N–H and O–H groups in total. The molecule has 66 valence electrons. The molecular formula is C7H15NO3. The highest BCUT2D eigenvalue weighted by Crippen LogP contribution is 2.08. The molecule has 0 aromatic rings. The Hall–Kier alpha value is -0.610. The van der Waals surface area contributed by atoms with Gasteiger partial charge in [-0.05, 0) is 13.3 Å². The van der Waals surface area contributed by atoms with Crippen molar-refractivity contribution >= 4 is 5.97 Å². The van der Waals surface area contributed by atoms with E-state index in [2.05, 4.69) is 0 Å². The maximum absolute atomic E-state index is 10.6. The Bertz CT molecular complexity index is 138. The van der Waals surface area contributed by atoms with E-state index in [-0.39, 0.29) is 6.54 Å². The highest BCUT2D eigenvalue weighted by atomic mass is 16.5. The van der Waals surface area contributed by atoms with Crippen molar-refractivity contribution in [1.82, 2.24) is 0 Å². The predicted octanol–water partition coefficient (Wildman–Crippen LogP) is 0.215. The molecule has 11 heavy (non-hydrogen) atoms. The molecule has 0 amide bonds. The largest absolute Gasteiger partial charge is 0.479 e. The van der Waals surface area contributed by atoms with Crippen molar-refractivity contribution in [1.29, 1.82) is 0 Å². The Morgan fingerprint density at radius 1 is 1.73 bits per heavy atom. The van der Waals surface area contributed by atoms with E-state index >= 15 is 0 Å². The Balaban J connectivity index is 3.99. The standard InChI is InChI=1S/C7H15NO3/c1-3-4-11-7(2,5-8)6(9)10/h3-5,8H2,1-2H3,(H,9,10)/t7-/m0/s1. The van der Waals surface area contributed by atoms with E-state index in [1.54, 1.807) is 0 Å². The van der Waals surface area contributed by atoms with Crippen LogP contribution >= 0.6 is 0 Å². The minimum atomic E-state index is -1.21. The molecule has 4 nitrogen and oxygen atoms in total. The summed E-state index contributed by atoms with van der Waals surface area (Å²) in [4.78, 5) is 10.6. The monoisotopic (exact) mass is 161 g/mol. The number of hydrogen-bond acceptors (Lipinski definition) is 3. The van der Waals surface area contributed by atoms with E-state index in [0.717, 1.165) is 6.42 Å². The van der Waals surface area contributed by atoms with Gasteiger partial charge in [-0.1, -0.05) is 6.92 Å². The second kappa shape index (κ2) is 4.31. The molecule has 0 bridgehead atoms.